The van der Waals surface area contributed by atoms with E-state index in [2.05, 4.69) is 47.7 Å². The Bertz CT molecular complexity index is 1180. The third-order valence-electron chi connectivity index (χ3n) is 8.84. The number of nitrogens with one attached hydrogen (secondary N) is 1. The van der Waals surface area contributed by atoms with E-state index in [0.717, 1.165) is 61.7 Å². The molecular weight excluding hydrogens is 565 g/mol. The maximum Gasteiger partial charge on any atom is 0.306 e. The average molecular weight is 615 g/mol. The van der Waals surface area contributed by atoms with Crippen molar-refractivity contribution in [3.63, 3.8) is 0 Å². The molecule has 1 fully saturated rings. The summed E-state index contributed by atoms with van der Waals surface area (Å²) in [5.41, 5.74) is 3.63. The molecule has 232 valence electrons. The molecule has 3 atom stereocenters. The Morgan fingerprint density at radius 1 is 1.26 bits per heavy atom. The van der Waals surface area contributed by atoms with Gasteiger partial charge in [0.05, 0.1) is 31.0 Å². The highest BCUT2D eigenvalue weighted by Crippen LogP contribution is 2.53. The Kier molecular flexibility index (Phi) is 11.6. The average Bonchev–Trinajstić information content (AvgIpc) is 3.25. The van der Waals surface area contributed by atoms with Gasteiger partial charge in [0.15, 0.2) is 0 Å². The fourth-order valence-corrected chi connectivity index (χ4v) is 7.89. The van der Waals surface area contributed by atoms with E-state index in [-0.39, 0.29) is 22.2 Å². The molecule has 0 amide bonds. The van der Waals surface area contributed by atoms with Crippen molar-refractivity contribution in [3.8, 4) is 0 Å². The highest BCUT2D eigenvalue weighted by Gasteiger charge is 2.50. The summed E-state index contributed by atoms with van der Waals surface area (Å²) in [6.07, 6.45) is 9.75. The maximum atomic E-state index is 13.2. The standard InChI is InChI=1S/C33H50N4O3S2/c1-7-9-12-25(8-2)23-40-29(38)15-20-41-28-22-34-31(24(3)35-28)37-18-16-33(17-19-37)21-26-13-10-11-14-27(26)30(33)36-42(39)32(4,5)6/h10-11,13-14,22,25,30,36H,7-9,12,15-21,23H2,1-6H3/t25?,30-,42?/m1/s1. The summed E-state index contributed by atoms with van der Waals surface area (Å²) in [7, 11) is 0. The van der Waals surface area contributed by atoms with Crippen LogP contribution in [-0.4, -0.2) is 50.7 Å². The van der Waals surface area contributed by atoms with Gasteiger partial charge in [0.2, 0.25) is 0 Å². The van der Waals surface area contributed by atoms with E-state index in [1.807, 2.05) is 33.9 Å². The van der Waals surface area contributed by atoms with Crippen LogP contribution < -0.4 is 9.62 Å². The van der Waals surface area contributed by atoms with Crippen LogP contribution in [0.4, 0.5) is 5.82 Å². The lowest BCUT2D eigenvalue weighted by atomic mass is 9.73. The van der Waals surface area contributed by atoms with E-state index in [1.165, 1.54) is 24.0 Å². The number of anilines is 1. The molecule has 2 aliphatic rings. The van der Waals surface area contributed by atoms with Crippen molar-refractivity contribution in [2.75, 3.05) is 30.3 Å². The van der Waals surface area contributed by atoms with Crippen LogP contribution in [0.1, 0.15) is 102 Å². The lowest BCUT2D eigenvalue weighted by Crippen LogP contribution is -2.50. The molecule has 1 aliphatic carbocycles. The molecule has 2 aromatic rings. The van der Waals surface area contributed by atoms with E-state index in [1.54, 1.807) is 11.8 Å². The zero-order valence-corrected chi connectivity index (χ0v) is 28.0. The first-order valence-electron chi connectivity index (χ1n) is 15.7. The molecule has 0 saturated carbocycles. The highest BCUT2D eigenvalue weighted by atomic mass is 32.2. The molecule has 2 unspecified atom stereocenters. The molecular formula is C33H50N4O3S2. The van der Waals surface area contributed by atoms with Crippen LogP contribution in [0.3, 0.4) is 0 Å². The predicted molar refractivity (Wildman–Crippen MR) is 174 cm³/mol. The second kappa shape index (κ2) is 14.8. The molecule has 2 heterocycles. The number of ether oxygens (including phenoxy) is 1. The van der Waals surface area contributed by atoms with Crippen molar-refractivity contribution in [2.24, 2.45) is 11.3 Å². The molecule has 1 spiro atoms. The number of piperidine rings is 1. The van der Waals surface area contributed by atoms with Crippen molar-refractivity contribution in [3.05, 3.63) is 47.3 Å². The quantitative estimate of drug-likeness (QED) is 0.147. The number of aryl methyl sites for hydroxylation is 1. The van der Waals surface area contributed by atoms with Gasteiger partial charge in [-0.15, -0.1) is 16.5 Å². The summed E-state index contributed by atoms with van der Waals surface area (Å²) in [4.78, 5) is 24.3. The summed E-state index contributed by atoms with van der Waals surface area (Å²) in [5.74, 6) is 1.90. The van der Waals surface area contributed by atoms with Crippen LogP contribution in [-0.2, 0) is 27.3 Å². The van der Waals surface area contributed by atoms with E-state index >= 15 is 0 Å². The first-order valence-corrected chi connectivity index (χ1v) is 17.8. The number of hydrogen-bond donors (Lipinski definition) is 1. The third kappa shape index (κ3) is 8.21. The number of carbonyl (C=O) groups is 1. The molecule has 42 heavy (non-hydrogen) atoms. The van der Waals surface area contributed by atoms with Crippen LogP contribution in [0.5, 0.6) is 0 Å². The fourth-order valence-electron chi connectivity index (χ4n) is 6.14. The van der Waals surface area contributed by atoms with E-state index in [4.69, 9.17) is 14.7 Å². The number of carbonyl (C=O) groups excluding carboxylic acids is 1. The molecule has 7 nitrogen and oxygen atoms in total. The van der Waals surface area contributed by atoms with E-state index < -0.39 is 11.4 Å². The van der Waals surface area contributed by atoms with Crippen LogP contribution in [0.2, 0.25) is 0 Å². The lowest BCUT2D eigenvalue weighted by molar-refractivity contribution is -0.144. The molecule has 0 radical (unpaired) electrons. The van der Waals surface area contributed by atoms with Crippen LogP contribution in [0.15, 0.2) is 35.5 Å². The molecule has 1 aliphatic heterocycles. The second-order valence-corrected chi connectivity index (χ2v) is 16.1. The molecule has 9 heteroatoms. The van der Waals surface area contributed by atoms with Crippen LogP contribution in [0.25, 0.3) is 0 Å². The molecule has 1 aromatic heterocycles. The van der Waals surface area contributed by atoms with Gasteiger partial charge in [-0.1, -0.05) is 57.4 Å². The number of nitrogens with zero attached hydrogens (tertiary/aromatic N) is 3. The van der Waals surface area contributed by atoms with Gasteiger partial charge in [-0.05, 0) is 70.4 Å². The number of esters is 1. The highest BCUT2D eigenvalue weighted by molar-refractivity contribution is 7.99. The van der Waals surface area contributed by atoms with Crippen molar-refractivity contribution < 1.29 is 14.1 Å². The minimum absolute atomic E-state index is 0.0416. The zero-order chi connectivity index (χ0) is 30.3. The van der Waals surface area contributed by atoms with Crippen LogP contribution in [0, 0.1) is 18.3 Å². The SMILES string of the molecule is CCCCC(CC)COC(=O)CCSc1cnc(N2CCC3(CC2)Cc2ccccc2[C@H]3N[S+]([O-])C(C)(C)C)c(C)n1. The number of unbranched alkanes of at least 4 members (excludes halogenated alkanes) is 1. The van der Waals surface area contributed by atoms with Gasteiger partial charge < -0.3 is 14.2 Å². The number of benzene rings is 1. The van der Waals surface area contributed by atoms with Gasteiger partial charge in [0.1, 0.15) is 15.6 Å². The summed E-state index contributed by atoms with van der Waals surface area (Å²) >= 11 is 0.416. The van der Waals surface area contributed by atoms with Crippen molar-refractivity contribution in [2.45, 2.75) is 109 Å². The number of fused-ring (bicyclic) bond motifs is 1. The summed E-state index contributed by atoms with van der Waals surface area (Å²) in [6, 6.07) is 8.72. The van der Waals surface area contributed by atoms with E-state index in [9.17, 15) is 9.35 Å². The largest absolute Gasteiger partial charge is 0.598 e. The molecule has 1 aromatic carbocycles. The number of thioether (sulfide) groups is 1. The summed E-state index contributed by atoms with van der Waals surface area (Å²) < 4.78 is 22.0. The Morgan fingerprint density at radius 2 is 2.00 bits per heavy atom. The summed E-state index contributed by atoms with van der Waals surface area (Å²) in [6.45, 7) is 14.8. The summed E-state index contributed by atoms with van der Waals surface area (Å²) in [5, 5.41) is 0.840. The van der Waals surface area contributed by atoms with Gasteiger partial charge in [-0.2, -0.15) is 0 Å². The Labute approximate surface area is 260 Å². The monoisotopic (exact) mass is 614 g/mol. The maximum absolute atomic E-state index is 13.2. The first kappa shape index (κ1) is 33.1. The van der Waals surface area contributed by atoms with Crippen LogP contribution >= 0.6 is 11.8 Å². The molecule has 1 N–H and O–H groups in total. The number of aromatic nitrogens is 2. The van der Waals surface area contributed by atoms with Gasteiger partial charge in [-0.3, -0.25) is 4.79 Å². The lowest BCUT2D eigenvalue weighted by Gasteiger charge is -2.44. The molecule has 1 saturated heterocycles. The van der Waals surface area contributed by atoms with Crippen molar-refractivity contribution in [1.82, 2.24) is 14.7 Å². The third-order valence-corrected chi connectivity index (χ3v) is 11.3. The Hall–Kier alpha value is -1.81. The minimum atomic E-state index is -1.14. The van der Waals surface area contributed by atoms with Gasteiger partial charge >= 0.3 is 5.97 Å². The van der Waals surface area contributed by atoms with Crippen molar-refractivity contribution in [1.29, 1.82) is 0 Å². The zero-order valence-electron chi connectivity index (χ0n) is 26.4. The topological polar surface area (TPSA) is 90.4 Å². The first-order chi connectivity index (χ1) is 20.1. The van der Waals surface area contributed by atoms with E-state index in [0.29, 0.717) is 24.7 Å². The van der Waals surface area contributed by atoms with Gasteiger partial charge in [0.25, 0.3) is 0 Å². The minimum Gasteiger partial charge on any atom is -0.598 e. The Balaban J connectivity index is 1.31. The second-order valence-electron chi connectivity index (χ2n) is 13.0. The molecule has 4 rings (SSSR count). The smallest absolute Gasteiger partial charge is 0.306 e. The van der Waals surface area contributed by atoms with Crippen molar-refractivity contribution >= 4 is 34.9 Å². The predicted octanol–water partition coefficient (Wildman–Crippen LogP) is 6.96. The molecule has 0 bridgehead atoms. The van der Waals surface area contributed by atoms with Gasteiger partial charge in [-0.25, -0.2) is 9.97 Å². The number of rotatable bonds is 13. The normalized spacial score (nSPS) is 19.5. The Morgan fingerprint density at radius 3 is 2.67 bits per heavy atom. The fraction of sp³-hybridized carbons (Fsp3) is 0.667. The number of hydrogen-bond acceptors (Lipinski definition) is 8. The van der Waals surface area contributed by atoms with Gasteiger partial charge in [0, 0.05) is 35.6 Å².